The molecule has 0 aliphatic carbocycles. The van der Waals surface area contributed by atoms with E-state index in [1.165, 1.54) is 37.4 Å². The zero-order valence-corrected chi connectivity index (χ0v) is 19.8. The van der Waals surface area contributed by atoms with Gasteiger partial charge in [0, 0.05) is 13.0 Å². The van der Waals surface area contributed by atoms with E-state index < -0.39 is 48.0 Å². The Labute approximate surface area is 201 Å². The summed E-state index contributed by atoms with van der Waals surface area (Å²) in [5.41, 5.74) is -1.73. The second-order valence-electron chi connectivity index (χ2n) is 8.76. The molecule has 0 saturated carbocycles. The first-order chi connectivity index (χ1) is 16.2. The number of alkyl halides is 3. The second kappa shape index (κ2) is 11.3. The van der Waals surface area contributed by atoms with E-state index in [2.05, 4.69) is 10.6 Å². The Kier molecular flexibility index (Phi) is 8.97. The molecule has 0 saturated heterocycles. The number of aliphatic hydroxyl groups excluding tert-OH is 1. The van der Waals surface area contributed by atoms with Gasteiger partial charge in [0.2, 0.25) is 5.91 Å². The van der Waals surface area contributed by atoms with Gasteiger partial charge in [-0.15, -0.1) is 0 Å². The molecule has 11 heteroatoms. The first-order valence-corrected chi connectivity index (χ1v) is 10.7. The third kappa shape index (κ3) is 8.36. The Morgan fingerprint density at radius 2 is 1.74 bits per heavy atom. The minimum Gasteiger partial charge on any atom is -0.504 e. The molecule has 0 heterocycles. The highest BCUT2D eigenvalue weighted by atomic mass is 19.4. The first kappa shape index (κ1) is 27.8. The molecular weight excluding hydrogens is 469 g/mol. The molecule has 8 nitrogen and oxygen atoms in total. The number of methoxy groups -OCH3 is 1. The van der Waals surface area contributed by atoms with E-state index in [-0.39, 0.29) is 23.5 Å². The van der Waals surface area contributed by atoms with Crippen LogP contribution in [0.2, 0.25) is 0 Å². The average molecular weight is 498 g/mol. The number of phenolic OH excluding ortho intramolecular Hbond substituents is 1. The van der Waals surface area contributed by atoms with Crippen LogP contribution in [0.15, 0.2) is 42.5 Å². The summed E-state index contributed by atoms with van der Waals surface area (Å²) in [5, 5.41) is 24.9. The highest BCUT2D eigenvalue weighted by molar-refractivity contribution is 5.86. The van der Waals surface area contributed by atoms with Crippen molar-refractivity contribution in [2.24, 2.45) is 0 Å². The Hall–Kier alpha value is -3.47. The van der Waals surface area contributed by atoms with Crippen LogP contribution in [0.1, 0.15) is 43.6 Å². The van der Waals surface area contributed by atoms with Gasteiger partial charge in [-0.3, -0.25) is 4.79 Å². The first-order valence-electron chi connectivity index (χ1n) is 10.7. The number of carbonyl (C=O) groups is 2. The molecule has 0 bridgehead atoms. The van der Waals surface area contributed by atoms with Gasteiger partial charge in [-0.2, -0.15) is 13.2 Å². The third-order valence-corrected chi connectivity index (χ3v) is 4.79. The second-order valence-corrected chi connectivity index (χ2v) is 8.76. The van der Waals surface area contributed by atoms with Crippen molar-refractivity contribution < 1.29 is 42.4 Å². The van der Waals surface area contributed by atoms with Gasteiger partial charge in [0.05, 0.1) is 18.8 Å². The van der Waals surface area contributed by atoms with Crippen LogP contribution in [0.4, 0.5) is 18.0 Å². The standard InChI is InChI=1S/C24H29F3N2O6/c1-23(2,3)35-22(33)29-17(11-14-9-10-18(30)20(12-14)34-4)21(32)28-13-19(31)15-7-5-6-8-16(15)24(25,26)27/h5-10,12,17,19,30-31H,11,13H2,1-4H3,(H,28,32)(H,29,33). The van der Waals surface area contributed by atoms with Gasteiger partial charge < -0.3 is 30.3 Å². The van der Waals surface area contributed by atoms with Crippen LogP contribution in [0, 0.1) is 0 Å². The predicted molar refractivity (Wildman–Crippen MR) is 121 cm³/mol. The number of halogens is 3. The molecule has 0 aliphatic heterocycles. The number of nitrogens with one attached hydrogen (secondary N) is 2. The lowest BCUT2D eigenvalue weighted by atomic mass is 10.0. The van der Waals surface area contributed by atoms with E-state index in [0.29, 0.717) is 5.56 Å². The number of ether oxygens (including phenoxy) is 2. The summed E-state index contributed by atoms with van der Waals surface area (Å²) in [6.07, 6.45) is -7.27. The zero-order chi connectivity index (χ0) is 26.4. The number of amides is 2. The highest BCUT2D eigenvalue weighted by Gasteiger charge is 2.35. The number of aromatic hydroxyl groups is 1. The van der Waals surface area contributed by atoms with Crippen molar-refractivity contribution in [3.8, 4) is 11.5 Å². The molecule has 192 valence electrons. The van der Waals surface area contributed by atoms with Crippen LogP contribution >= 0.6 is 0 Å². The summed E-state index contributed by atoms with van der Waals surface area (Å²) in [7, 11) is 1.35. The fourth-order valence-corrected chi connectivity index (χ4v) is 3.22. The molecule has 2 amide bonds. The Balaban J connectivity index is 2.19. The van der Waals surface area contributed by atoms with Gasteiger partial charge in [0.25, 0.3) is 0 Å². The van der Waals surface area contributed by atoms with E-state index in [1.807, 2.05) is 0 Å². The van der Waals surface area contributed by atoms with Crippen LogP contribution in [0.25, 0.3) is 0 Å². The van der Waals surface area contributed by atoms with Crippen molar-refractivity contribution in [2.45, 2.75) is 51.1 Å². The van der Waals surface area contributed by atoms with Crippen LogP contribution in [-0.2, 0) is 22.1 Å². The zero-order valence-electron chi connectivity index (χ0n) is 19.8. The summed E-state index contributed by atoms with van der Waals surface area (Å²) in [6, 6.07) is 7.65. The van der Waals surface area contributed by atoms with Gasteiger partial charge in [-0.25, -0.2) is 4.79 Å². The van der Waals surface area contributed by atoms with Gasteiger partial charge in [-0.1, -0.05) is 24.3 Å². The molecule has 0 aliphatic rings. The van der Waals surface area contributed by atoms with Crippen LogP contribution in [0.3, 0.4) is 0 Å². The molecule has 2 rings (SSSR count). The van der Waals surface area contributed by atoms with E-state index >= 15 is 0 Å². The van der Waals surface area contributed by atoms with E-state index in [4.69, 9.17) is 9.47 Å². The maximum absolute atomic E-state index is 13.3. The number of aliphatic hydroxyl groups is 1. The monoisotopic (exact) mass is 498 g/mol. The Morgan fingerprint density at radius 1 is 1.09 bits per heavy atom. The Morgan fingerprint density at radius 3 is 2.34 bits per heavy atom. The number of rotatable bonds is 8. The van der Waals surface area contributed by atoms with Crippen molar-refractivity contribution in [1.82, 2.24) is 10.6 Å². The smallest absolute Gasteiger partial charge is 0.416 e. The lowest BCUT2D eigenvalue weighted by Crippen LogP contribution is -2.50. The van der Waals surface area contributed by atoms with Crippen LogP contribution in [0.5, 0.6) is 11.5 Å². The maximum atomic E-state index is 13.3. The quantitative estimate of drug-likeness (QED) is 0.441. The van der Waals surface area contributed by atoms with E-state index in [9.17, 15) is 33.0 Å². The van der Waals surface area contributed by atoms with Crippen LogP contribution < -0.4 is 15.4 Å². The molecule has 2 unspecified atom stereocenters. The summed E-state index contributed by atoms with van der Waals surface area (Å²) in [6.45, 7) is 4.39. The number of alkyl carbamates (subject to hydrolysis) is 1. The molecule has 0 aromatic heterocycles. The minimum absolute atomic E-state index is 0.0586. The summed E-state index contributed by atoms with van der Waals surface area (Å²) in [4.78, 5) is 25.2. The topological polar surface area (TPSA) is 117 Å². The van der Waals surface area contributed by atoms with Crippen molar-refractivity contribution in [1.29, 1.82) is 0 Å². The predicted octanol–water partition coefficient (Wildman–Crippen LogP) is 3.71. The molecule has 2 aromatic rings. The van der Waals surface area contributed by atoms with E-state index in [0.717, 1.165) is 12.1 Å². The molecular formula is C24H29F3N2O6. The minimum atomic E-state index is -4.68. The van der Waals surface area contributed by atoms with Gasteiger partial charge in [0.15, 0.2) is 11.5 Å². The molecule has 35 heavy (non-hydrogen) atoms. The lowest BCUT2D eigenvalue weighted by Gasteiger charge is -2.24. The number of carbonyl (C=O) groups excluding carboxylic acids is 2. The molecule has 2 atom stereocenters. The summed E-state index contributed by atoms with van der Waals surface area (Å²) in [5.74, 6) is -0.728. The average Bonchev–Trinajstić information content (AvgIpc) is 2.76. The van der Waals surface area contributed by atoms with Gasteiger partial charge in [-0.05, 0) is 50.1 Å². The molecule has 0 spiro atoms. The lowest BCUT2D eigenvalue weighted by molar-refractivity contribution is -0.139. The van der Waals surface area contributed by atoms with Crippen molar-refractivity contribution in [2.75, 3.05) is 13.7 Å². The molecule has 4 N–H and O–H groups in total. The number of phenols is 1. The highest BCUT2D eigenvalue weighted by Crippen LogP contribution is 2.34. The van der Waals surface area contributed by atoms with Gasteiger partial charge >= 0.3 is 12.3 Å². The number of hydrogen-bond acceptors (Lipinski definition) is 6. The molecule has 0 radical (unpaired) electrons. The third-order valence-electron chi connectivity index (χ3n) is 4.79. The van der Waals surface area contributed by atoms with E-state index in [1.54, 1.807) is 20.8 Å². The number of hydrogen-bond donors (Lipinski definition) is 4. The fourth-order valence-electron chi connectivity index (χ4n) is 3.22. The SMILES string of the molecule is COc1cc(CC(NC(=O)OC(C)(C)C)C(=O)NCC(O)c2ccccc2C(F)(F)F)ccc1O. The van der Waals surface area contributed by atoms with Crippen molar-refractivity contribution >= 4 is 12.0 Å². The maximum Gasteiger partial charge on any atom is 0.416 e. The summed E-state index contributed by atoms with van der Waals surface area (Å²) < 4.78 is 50.0. The van der Waals surface area contributed by atoms with Crippen molar-refractivity contribution in [3.05, 3.63) is 59.2 Å². The number of benzene rings is 2. The van der Waals surface area contributed by atoms with Crippen LogP contribution in [-0.4, -0.2) is 47.5 Å². The fraction of sp³-hybridized carbons (Fsp3) is 0.417. The summed E-state index contributed by atoms with van der Waals surface area (Å²) >= 11 is 0. The van der Waals surface area contributed by atoms with Crippen molar-refractivity contribution in [3.63, 3.8) is 0 Å². The van der Waals surface area contributed by atoms with Gasteiger partial charge in [0.1, 0.15) is 11.6 Å². The molecule has 2 aromatic carbocycles. The largest absolute Gasteiger partial charge is 0.504 e. The normalized spacial score (nSPS) is 13.5. The molecule has 0 fully saturated rings. The Bertz CT molecular complexity index is 1040.